The van der Waals surface area contributed by atoms with Crippen molar-refractivity contribution in [3.05, 3.63) is 23.2 Å². The van der Waals surface area contributed by atoms with Crippen LogP contribution in [0, 0.1) is 0 Å². The minimum Gasteiger partial charge on any atom is -0.494 e. The van der Waals surface area contributed by atoms with Crippen LogP contribution < -0.4 is 10.2 Å². The number of ether oxygens (including phenoxy) is 1. The van der Waals surface area contributed by atoms with Crippen LogP contribution in [0.25, 0.3) is 0 Å². The van der Waals surface area contributed by atoms with E-state index in [-0.39, 0.29) is 0 Å². The van der Waals surface area contributed by atoms with Crippen molar-refractivity contribution in [1.29, 1.82) is 0 Å². The van der Waals surface area contributed by atoms with Gasteiger partial charge in [0, 0.05) is 10.5 Å². The molecule has 0 aromatic heterocycles. The highest BCUT2D eigenvalue weighted by molar-refractivity contribution is 6.59. The fourth-order valence-corrected chi connectivity index (χ4v) is 1.22. The molecule has 14 heavy (non-hydrogen) atoms. The van der Waals surface area contributed by atoms with Gasteiger partial charge in [0.25, 0.3) is 0 Å². The molecule has 0 radical (unpaired) electrons. The van der Waals surface area contributed by atoms with Crippen LogP contribution in [0.3, 0.4) is 0 Å². The summed E-state index contributed by atoms with van der Waals surface area (Å²) in [6.07, 6.45) is 0.855. The van der Waals surface area contributed by atoms with E-state index < -0.39 is 7.12 Å². The summed E-state index contributed by atoms with van der Waals surface area (Å²) in [5.41, 5.74) is 0.336. The minimum absolute atomic E-state index is 0.336. The molecule has 0 saturated heterocycles. The number of rotatable bonds is 4. The molecule has 76 valence electrons. The van der Waals surface area contributed by atoms with Gasteiger partial charge in [-0.05, 0) is 18.6 Å². The lowest BCUT2D eigenvalue weighted by atomic mass is 9.79. The van der Waals surface area contributed by atoms with Crippen molar-refractivity contribution in [3.8, 4) is 5.75 Å². The van der Waals surface area contributed by atoms with Gasteiger partial charge in [-0.3, -0.25) is 0 Å². The van der Waals surface area contributed by atoms with Gasteiger partial charge in [-0.2, -0.15) is 0 Å². The fraction of sp³-hybridized carbons (Fsp3) is 0.333. The topological polar surface area (TPSA) is 49.7 Å². The summed E-state index contributed by atoms with van der Waals surface area (Å²) in [6, 6.07) is 4.71. The van der Waals surface area contributed by atoms with Crippen LogP contribution in [0.5, 0.6) is 5.75 Å². The molecule has 0 amide bonds. The Bertz CT molecular complexity index is 304. The molecule has 0 atom stereocenters. The normalized spacial score (nSPS) is 10.0. The molecular weight excluding hydrogens is 202 g/mol. The van der Waals surface area contributed by atoms with Gasteiger partial charge in [0.2, 0.25) is 0 Å². The fourth-order valence-electron chi connectivity index (χ4n) is 1.06. The summed E-state index contributed by atoms with van der Waals surface area (Å²) in [5, 5.41) is 18.6. The number of hydrogen-bond acceptors (Lipinski definition) is 3. The minimum atomic E-state index is -1.53. The predicted octanol–water partition coefficient (Wildman–Crippen LogP) is 0.809. The zero-order valence-electron chi connectivity index (χ0n) is 7.90. The van der Waals surface area contributed by atoms with Gasteiger partial charge < -0.3 is 14.8 Å². The summed E-state index contributed by atoms with van der Waals surface area (Å²) in [7, 11) is -1.53. The molecular formula is C9H12BClO3. The molecule has 3 nitrogen and oxygen atoms in total. The third-order valence-electron chi connectivity index (χ3n) is 1.72. The van der Waals surface area contributed by atoms with Crippen LogP contribution in [-0.4, -0.2) is 23.8 Å². The summed E-state index contributed by atoms with van der Waals surface area (Å²) in [4.78, 5) is 0. The predicted molar refractivity (Wildman–Crippen MR) is 57.1 cm³/mol. The Kier molecular flexibility index (Phi) is 4.26. The maximum atomic E-state index is 9.03. The van der Waals surface area contributed by atoms with Crippen LogP contribution in [0.1, 0.15) is 13.3 Å². The van der Waals surface area contributed by atoms with Crippen molar-refractivity contribution in [3.63, 3.8) is 0 Å². The maximum absolute atomic E-state index is 9.03. The second-order valence-corrected chi connectivity index (χ2v) is 3.34. The number of benzene rings is 1. The molecule has 0 aliphatic heterocycles. The van der Waals surface area contributed by atoms with E-state index in [0.29, 0.717) is 22.8 Å². The van der Waals surface area contributed by atoms with E-state index in [1.54, 1.807) is 12.1 Å². The Morgan fingerprint density at radius 1 is 1.43 bits per heavy atom. The first kappa shape index (κ1) is 11.4. The van der Waals surface area contributed by atoms with Crippen molar-refractivity contribution in [2.24, 2.45) is 0 Å². The summed E-state index contributed by atoms with van der Waals surface area (Å²) >= 11 is 5.76. The lowest BCUT2D eigenvalue weighted by Crippen LogP contribution is -2.31. The molecule has 5 heteroatoms. The van der Waals surface area contributed by atoms with Gasteiger partial charge in [0.05, 0.1) is 6.61 Å². The second-order valence-electron chi connectivity index (χ2n) is 2.90. The van der Waals surface area contributed by atoms with Crippen LogP contribution in [0.15, 0.2) is 18.2 Å². The van der Waals surface area contributed by atoms with Gasteiger partial charge in [0.1, 0.15) is 5.75 Å². The van der Waals surface area contributed by atoms with Crippen LogP contribution in [0.4, 0.5) is 0 Å². The third kappa shape index (κ3) is 2.91. The lowest BCUT2D eigenvalue weighted by Gasteiger charge is -2.10. The molecule has 0 spiro atoms. The van der Waals surface area contributed by atoms with Crippen molar-refractivity contribution in [2.75, 3.05) is 6.61 Å². The smallest absolute Gasteiger partial charge is 0.492 e. The summed E-state index contributed by atoms with van der Waals surface area (Å²) < 4.78 is 5.32. The SMILES string of the molecule is CCCOc1cc(Cl)ccc1B(O)O. The zero-order chi connectivity index (χ0) is 10.6. The Balaban J connectivity index is 2.91. The van der Waals surface area contributed by atoms with E-state index >= 15 is 0 Å². The van der Waals surface area contributed by atoms with Crippen LogP contribution >= 0.6 is 11.6 Å². The maximum Gasteiger partial charge on any atom is 0.492 e. The Morgan fingerprint density at radius 2 is 2.14 bits per heavy atom. The molecule has 0 unspecified atom stereocenters. The molecule has 1 aromatic rings. The van der Waals surface area contributed by atoms with E-state index in [4.69, 9.17) is 26.4 Å². The van der Waals surface area contributed by atoms with Crippen molar-refractivity contribution in [2.45, 2.75) is 13.3 Å². The molecule has 0 fully saturated rings. The molecule has 2 N–H and O–H groups in total. The monoisotopic (exact) mass is 214 g/mol. The van der Waals surface area contributed by atoms with E-state index in [9.17, 15) is 0 Å². The van der Waals surface area contributed by atoms with Gasteiger partial charge >= 0.3 is 7.12 Å². The highest BCUT2D eigenvalue weighted by Gasteiger charge is 2.17. The first-order valence-electron chi connectivity index (χ1n) is 4.43. The van der Waals surface area contributed by atoms with Crippen molar-refractivity contribution >= 4 is 24.2 Å². The summed E-state index contributed by atoms with van der Waals surface area (Å²) in [6.45, 7) is 2.50. The van der Waals surface area contributed by atoms with Gasteiger partial charge in [-0.1, -0.05) is 24.6 Å². The number of halogens is 1. The average molecular weight is 214 g/mol. The van der Waals surface area contributed by atoms with Gasteiger partial charge in [-0.25, -0.2) is 0 Å². The molecule has 0 saturated carbocycles. The molecule has 0 heterocycles. The second kappa shape index (κ2) is 5.24. The Hall–Kier alpha value is -0.705. The van der Waals surface area contributed by atoms with E-state index in [1.807, 2.05) is 6.92 Å². The first-order valence-corrected chi connectivity index (χ1v) is 4.81. The quantitative estimate of drug-likeness (QED) is 0.729. The lowest BCUT2D eigenvalue weighted by molar-refractivity contribution is 0.317. The van der Waals surface area contributed by atoms with E-state index in [0.717, 1.165) is 6.42 Å². The molecule has 0 bridgehead atoms. The Morgan fingerprint density at radius 3 is 2.71 bits per heavy atom. The molecule has 1 rings (SSSR count). The molecule has 0 aliphatic carbocycles. The number of hydrogen-bond donors (Lipinski definition) is 2. The van der Waals surface area contributed by atoms with Crippen molar-refractivity contribution < 1.29 is 14.8 Å². The van der Waals surface area contributed by atoms with Gasteiger partial charge in [-0.15, -0.1) is 0 Å². The zero-order valence-corrected chi connectivity index (χ0v) is 8.66. The standard InChI is InChI=1S/C9H12BClO3/c1-2-5-14-9-6-7(11)3-4-8(9)10(12)13/h3-4,6,12-13H,2,5H2,1H3. The largest absolute Gasteiger partial charge is 0.494 e. The van der Waals surface area contributed by atoms with Crippen LogP contribution in [-0.2, 0) is 0 Å². The van der Waals surface area contributed by atoms with Crippen LogP contribution in [0.2, 0.25) is 5.02 Å². The van der Waals surface area contributed by atoms with Crippen molar-refractivity contribution in [1.82, 2.24) is 0 Å². The van der Waals surface area contributed by atoms with E-state index in [2.05, 4.69) is 0 Å². The highest BCUT2D eigenvalue weighted by atomic mass is 35.5. The molecule has 0 aliphatic rings. The molecule has 1 aromatic carbocycles. The average Bonchev–Trinajstić information content (AvgIpc) is 2.14. The highest BCUT2D eigenvalue weighted by Crippen LogP contribution is 2.15. The van der Waals surface area contributed by atoms with Gasteiger partial charge in [0.15, 0.2) is 0 Å². The first-order chi connectivity index (χ1) is 6.65. The Labute approximate surface area is 88.4 Å². The third-order valence-corrected chi connectivity index (χ3v) is 1.95. The summed E-state index contributed by atoms with van der Waals surface area (Å²) in [5.74, 6) is 0.425. The van der Waals surface area contributed by atoms with E-state index in [1.165, 1.54) is 6.07 Å².